The first-order valence-corrected chi connectivity index (χ1v) is 24.3. The minimum absolute atomic E-state index is 0.254. The number of amides is 1. The summed E-state index contributed by atoms with van der Waals surface area (Å²) in [6.45, 7) is 3.61. The van der Waals surface area contributed by atoms with Crippen LogP contribution in [0.3, 0.4) is 0 Å². The van der Waals surface area contributed by atoms with Gasteiger partial charge in [-0.1, -0.05) is 213 Å². The molecule has 8 atom stereocenters. The molecule has 0 bridgehead atoms. The van der Waals surface area contributed by atoms with Crippen LogP contribution in [-0.2, 0) is 14.3 Å². The number of hydrogen-bond donors (Lipinski definition) is 7. The highest BCUT2D eigenvalue weighted by molar-refractivity contribution is 5.76. The molecule has 0 aromatic heterocycles. The molecule has 0 aliphatic carbocycles. The number of unbranched alkanes of at least 4 members (excludes halogenated alkanes) is 30. The van der Waals surface area contributed by atoms with Gasteiger partial charge in [-0.15, -0.1) is 0 Å². The van der Waals surface area contributed by atoms with E-state index in [1.165, 1.54) is 161 Å². The highest BCUT2D eigenvalue weighted by Crippen LogP contribution is 2.23. The van der Waals surface area contributed by atoms with Crippen molar-refractivity contribution in [3.63, 3.8) is 0 Å². The lowest BCUT2D eigenvalue weighted by molar-refractivity contribution is -0.303. The van der Waals surface area contributed by atoms with E-state index in [4.69, 9.17) is 9.47 Å². The van der Waals surface area contributed by atoms with Crippen LogP contribution in [0.4, 0.5) is 0 Å². The predicted octanol–water partition coefficient (Wildman–Crippen LogP) is 9.31. The summed E-state index contributed by atoms with van der Waals surface area (Å²) in [4.78, 5) is 13.0. The monoisotopic (exact) mass is 816 g/mol. The van der Waals surface area contributed by atoms with E-state index in [1.807, 2.05) is 0 Å². The smallest absolute Gasteiger partial charge is 0.220 e. The second-order valence-corrected chi connectivity index (χ2v) is 17.4. The van der Waals surface area contributed by atoms with E-state index in [9.17, 15) is 35.4 Å². The summed E-state index contributed by atoms with van der Waals surface area (Å²) in [7, 11) is 0. The van der Waals surface area contributed by atoms with E-state index in [-0.39, 0.29) is 18.9 Å². The number of carbonyl (C=O) groups excluding carboxylic acids is 1. The number of ether oxygens (including phenoxy) is 2. The summed E-state index contributed by atoms with van der Waals surface area (Å²) < 4.78 is 11.2. The molecule has 57 heavy (non-hydrogen) atoms. The standard InChI is InChI=1S/C47H93NO9/c1-3-5-7-9-11-13-15-16-17-18-19-20-21-22-23-24-26-28-30-32-34-36-42(51)48-39(38-56-47-46(55)45(54)44(53)41(37-49)57-47)43(52)40(50)35-33-31-29-27-25-14-12-10-8-6-4-2/h39-41,43-47,49-50,52-55H,3-38H2,1-2H3,(H,48,51)/t39-,40+,41+,43-,44+,45?,46?,47+/m0/s1. The molecule has 0 aromatic carbocycles. The molecule has 1 saturated heterocycles. The molecule has 1 heterocycles. The van der Waals surface area contributed by atoms with E-state index < -0.39 is 55.6 Å². The van der Waals surface area contributed by atoms with Gasteiger partial charge in [-0.2, -0.15) is 0 Å². The van der Waals surface area contributed by atoms with Crippen molar-refractivity contribution in [1.29, 1.82) is 0 Å². The molecule has 7 N–H and O–H groups in total. The van der Waals surface area contributed by atoms with Crippen LogP contribution in [-0.4, -0.2) is 98.7 Å². The third-order valence-electron chi connectivity index (χ3n) is 12.1. The number of rotatable bonds is 41. The van der Waals surface area contributed by atoms with E-state index in [1.54, 1.807) is 0 Å². The molecule has 0 radical (unpaired) electrons. The van der Waals surface area contributed by atoms with Crippen molar-refractivity contribution in [2.45, 2.75) is 281 Å². The first-order valence-electron chi connectivity index (χ1n) is 24.3. The topological polar surface area (TPSA) is 169 Å². The van der Waals surface area contributed by atoms with Crippen molar-refractivity contribution < 1.29 is 44.9 Å². The zero-order valence-electron chi connectivity index (χ0n) is 37.0. The van der Waals surface area contributed by atoms with Crippen molar-refractivity contribution in [1.82, 2.24) is 5.32 Å². The lowest BCUT2D eigenvalue weighted by Gasteiger charge is -2.40. The Bertz CT molecular complexity index is 880. The van der Waals surface area contributed by atoms with Crippen LogP contribution in [0.5, 0.6) is 0 Å². The van der Waals surface area contributed by atoms with Gasteiger partial charge in [-0.05, 0) is 12.8 Å². The van der Waals surface area contributed by atoms with Crippen LogP contribution in [0.1, 0.15) is 232 Å². The van der Waals surface area contributed by atoms with Gasteiger partial charge in [0.1, 0.15) is 30.5 Å². The van der Waals surface area contributed by atoms with E-state index >= 15 is 0 Å². The van der Waals surface area contributed by atoms with E-state index in [0.29, 0.717) is 6.42 Å². The van der Waals surface area contributed by atoms with Crippen LogP contribution < -0.4 is 5.32 Å². The molecule has 0 spiro atoms. The van der Waals surface area contributed by atoms with Crippen LogP contribution >= 0.6 is 0 Å². The average Bonchev–Trinajstić information content (AvgIpc) is 3.21. The molecule has 1 aliphatic heterocycles. The maximum atomic E-state index is 13.0. The Kier molecular flexibility index (Phi) is 36.2. The molecular formula is C47H93NO9. The molecule has 10 nitrogen and oxygen atoms in total. The second-order valence-electron chi connectivity index (χ2n) is 17.4. The van der Waals surface area contributed by atoms with E-state index in [2.05, 4.69) is 19.2 Å². The van der Waals surface area contributed by atoms with Crippen molar-refractivity contribution in [3.05, 3.63) is 0 Å². The Morgan fingerprint density at radius 1 is 0.544 bits per heavy atom. The van der Waals surface area contributed by atoms with Gasteiger partial charge in [-0.25, -0.2) is 0 Å². The van der Waals surface area contributed by atoms with Gasteiger partial charge in [0.25, 0.3) is 0 Å². The molecule has 1 amide bonds. The van der Waals surface area contributed by atoms with Crippen LogP contribution in [0, 0.1) is 0 Å². The fourth-order valence-corrected chi connectivity index (χ4v) is 8.08. The first kappa shape index (κ1) is 54.2. The molecule has 0 saturated carbocycles. The minimum Gasteiger partial charge on any atom is -0.394 e. The number of carbonyl (C=O) groups is 1. The molecule has 1 aliphatic rings. The van der Waals surface area contributed by atoms with Gasteiger partial charge in [0, 0.05) is 6.42 Å². The molecular weight excluding hydrogens is 723 g/mol. The highest BCUT2D eigenvalue weighted by atomic mass is 16.7. The largest absolute Gasteiger partial charge is 0.394 e. The normalized spacial score (nSPS) is 21.4. The number of nitrogens with one attached hydrogen (secondary N) is 1. The van der Waals surface area contributed by atoms with Crippen molar-refractivity contribution >= 4 is 5.91 Å². The summed E-state index contributed by atoms with van der Waals surface area (Å²) >= 11 is 0. The predicted molar refractivity (Wildman–Crippen MR) is 232 cm³/mol. The first-order chi connectivity index (χ1) is 27.8. The molecule has 340 valence electrons. The van der Waals surface area contributed by atoms with Gasteiger partial charge in [0.15, 0.2) is 6.29 Å². The Hall–Kier alpha value is -0.850. The maximum absolute atomic E-state index is 13.0. The number of aliphatic hydroxyl groups excluding tert-OH is 6. The molecule has 2 unspecified atom stereocenters. The zero-order valence-corrected chi connectivity index (χ0v) is 37.0. The maximum Gasteiger partial charge on any atom is 0.220 e. The summed E-state index contributed by atoms with van der Waals surface area (Å²) in [5.74, 6) is -0.254. The summed E-state index contributed by atoms with van der Waals surface area (Å²) in [5, 5.41) is 65.1. The lowest BCUT2D eigenvalue weighted by Crippen LogP contribution is -2.60. The molecule has 1 rings (SSSR count). The van der Waals surface area contributed by atoms with Crippen molar-refractivity contribution in [2.75, 3.05) is 13.2 Å². The number of hydrogen-bond acceptors (Lipinski definition) is 9. The lowest BCUT2D eigenvalue weighted by atomic mass is 9.98. The van der Waals surface area contributed by atoms with Crippen molar-refractivity contribution in [2.24, 2.45) is 0 Å². The Balaban J connectivity index is 2.30. The Morgan fingerprint density at radius 2 is 0.912 bits per heavy atom. The summed E-state index contributed by atoms with van der Waals surface area (Å²) in [6.07, 6.45) is 31.2. The van der Waals surface area contributed by atoms with Crippen molar-refractivity contribution in [3.8, 4) is 0 Å². The fraction of sp³-hybridized carbons (Fsp3) is 0.979. The molecule has 10 heteroatoms. The molecule has 1 fully saturated rings. The third-order valence-corrected chi connectivity index (χ3v) is 12.1. The summed E-state index contributed by atoms with van der Waals surface area (Å²) in [6, 6.07) is -0.984. The summed E-state index contributed by atoms with van der Waals surface area (Å²) in [5.41, 5.74) is 0. The average molecular weight is 816 g/mol. The molecule has 0 aromatic rings. The van der Waals surface area contributed by atoms with Gasteiger partial charge in [0.05, 0.1) is 25.4 Å². The van der Waals surface area contributed by atoms with Gasteiger partial charge >= 0.3 is 0 Å². The third kappa shape index (κ3) is 28.3. The van der Waals surface area contributed by atoms with Crippen LogP contribution in [0.2, 0.25) is 0 Å². The Labute approximate surface area is 349 Å². The quantitative estimate of drug-likeness (QED) is 0.0298. The van der Waals surface area contributed by atoms with Gasteiger partial charge < -0.3 is 45.4 Å². The Morgan fingerprint density at radius 3 is 1.30 bits per heavy atom. The zero-order chi connectivity index (χ0) is 41.8. The fourth-order valence-electron chi connectivity index (χ4n) is 8.08. The second kappa shape index (κ2) is 38.1. The van der Waals surface area contributed by atoms with Gasteiger partial charge in [0.2, 0.25) is 5.91 Å². The number of aliphatic hydroxyl groups is 6. The van der Waals surface area contributed by atoms with Gasteiger partial charge in [-0.3, -0.25) is 4.79 Å². The van der Waals surface area contributed by atoms with Crippen LogP contribution in [0.25, 0.3) is 0 Å². The van der Waals surface area contributed by atoms with Crippen LogP contribution in [0.15, 0.2) is 0 Å². The van der Waals surface area contributed by atoms with E-state index in [0.717, 1.165) is 44.9 Å². The SMILES string of the molecule is CCCCCCCCCCCCCCCCCCCCCCCC(=O)N[C@@H](CO[C@@H]1O[C@H](CO)[C@@H](O)C(O)C1O)[C@H](O)[C@H](O)CCCCCCCCCCCCC. The minimum atomic E-state index is -1.60. The highest BCUT2D eigenvalue weighted by Gasteiger charge is 2.44.